The van der Waals surface area contributed by atoms with Gasteiger partial charge < -0.3 is 9.47 Å². The Bertz CT molecular complexity index is 789. The van der Waals surface area contributed by atoms with Gasteiger partial charge in [0.25, 0.3) is 5.69 Å². The minimum atomic E-state index is -0.482. The van der Waals surface area contributed by atoms with E-state index in [9.17, 15) is 15.4 Å². The Kier molecular flexibility index (Phi) is 4.95. The molecular formula is C17H14N2O4. The summed E-state index contributed by atoms with van der Waals surface area (Å²) in [6, 6.07) is 13.3. The predicted molar refractivity (Wildman–Crippen MR) is 86.1 cm³/mol. The van der Waals surface area contributed by atoms with Crippen LogP contribution in [0.3, 0.4) is 0 Å². The molecule has 0 radical (unpaired) electrons. The van der Waals surface area contributed by atoms with Crippen LogP contribution in [0, 0.1) is 21.4 Å². The van der Waals surface area contributed by atoms with Crippen molar-refractivity contribution in [3.8, 4) is 17.6 Å². The summed E-state index contributed by atoms with van der Waals surface area (Å²) in [5.41, 5.74) is 1.61. The highest BCUT2D eigenvalue weighted by atomic mass is 16.6. The van der Waals surface area contributed by atoms with Crippen LogP contribution in [0.2, 0.25) is 0 Å². The fourth-order valence-electron chi connectivity index (χ4n) is 2.12. The lowest BCUT2D eigenvalue weighted by Crippen LogP contribution is -1.93. The monoisotopic (exact) mass is 310 g/mol. The zero-order valence-electron chi connectivity index (χ0n) is 12.6. The number of non-ortho nitro benzene ring substituents is 1. The summed E-state index contributed by atoms with van der Waals surface area (Å²) in [6.07, 6.45) is 1.66. The highest BCUT2D eigenvalue weighted by Gasteiger charge is 2.11. The number of ether oxygens (including phenoxy) is 2. The molecule has 2 rings (SSSR count). The number of hydrogen-bond donors (Lipinski definition) is 0. The first kappa shape index (κ1) is 16.0. The smallest absolute Gasteiger partial charge is 0.269 e. The number of nitro benzene ring substituents is 1. The molecular weight excluding hydrogens is 296 g/mol. The fourth-order valence-corrected chi connectivity index (χ4v) is 2.12. The van der Waals surface area contributed by atoms with E-state index in [1.54, 1.807) is 36.4 Å². The molecule has 0 aliphatic rings. The number of nitrogens with zero attached hydrogens (tertiary/aromatic N) is 2. The van der Waals surface area contributed by atoms with Crippen molar-refractivity contribution in [1.29, 1.82) is 5.26 Å². The minimum absolute atomic E-state index is 0.0231. The number of methoxy groups -OCH3 is 2. The van der Waals surface area contributed by atoms with E-state index in [1.807, 2.05) is 0 Å². The van der Waals surface area contributed by atoms with Gasteiger partial charge in [-0.25, -0.2) is 0 Å². The van der Waals surface area contributed by atoms with E-state index in [0.29, 0.717) is 28.2 Å². The van der Waals surface area contributed by atoms with Crippen molar-refractivity contribution < 1.29 is 14.4 Å². The second-order valence-electron chi connectivity index (χ2n) is 4.56. The lowest BCUT2D eigenvalue weighted by atomic mass is 10.0. The van der Waals surface area contributed by atoms with Crippen molar-refractivity contribution in [2.75, 3.05) is 14.2 Å². The summed E-state index contributed by atoms with van der Waals surface area (Å²) in [5, 5.41) is 20.1. The fraction of sp³-hybridized carbons (Fsp3) is 0.118. The highest BCUT2D eigenvalue weighted by Crippen LogP contribution is 2.33. The van der Waals surface area contributed by atoms with Gasteiger partial charge in [0.15, 0.2) is 11.5 Å². The SMILES string of the molecule is COc1cccc(/C=C(/C#N)c2ccc([N+](=O)[O-])cc2)c1OC. The van der Waals surface area contributed by atoms with Crippen LogP contribution in [0.5, 0.6) is 11.5 Å². The Balaban J connectivity index is 2.47. The molecule has 0 aliphatic carbocycles. The van der Waals surface area contributed by atoms with Crippen molar-refractivity contribution in [3.63, 3.8) is 0 Å². The third-order valence-electron chi connectivity index (χ3n) is 3.24. The molecule has 0 N–H and O–H groups in total. The number of allylic oxidation sites excluding steroid dienone is 1. The lowest BCUT2D eigenvalue weighted by Gasteiger charge is -2.10. The third-order valence-corrected chi connectivity index (χ3v) is 3.24. The highest BCUT2D eigenvalue weighted by molar-refractivity contribution is 5.91. The van der Waals surface area contributed by atoms with Crippen LogP contribution >= 0.6 is 0 Å². The molecule has 0 heterocycles. The lowest BCUT2D eigenvalue weighted by molar-refractivity contribution is -0.384. The minimum Gasteiger partial charge on any atom is -0.493 e. The molecule has 2 aromatic rings. The van der Waals surface area contributed by atoms with Crippen LogP contribution in [-0.2, 0) is 0 Å². The van der Waals surface area contributed by atoms with Gasteiger partial charge in [-0.05, 0) is 29.8 Å². The Morgan fingerprint density at radius 3 is 2.39 bits per heavy atom. The largest absolute Gasteiger partial charge is 0.493 e. The molecule has 0 bridgehead atoms. The zero-order valence-corrected chi connectivity index (χ0v) is 12.6. The quantitative estimate of drug-likeness (QED) is 0.364. The second kappa shape index (κ2) is 7.09. The van der Waals surface area contributed by atoms with Gasteiger partial charge in [-0.2, -0.15) is 5.26 Å². The number of hydrogen-bond acceptors (Lipinski definition) is 5. The first-order valence-electron chi connectivity index (χ1n) is 6.68. The topological polar surface area (TPSA) is 85.4 Å². The molecule has 0 fully saturated rings. The van der Waals surface area contributed by atoms with Crippen LogP contribution in [0.15, 0.2) is 42.5 Å². The van der Waals surface area contributed by atoms with E-state index in [4.69, 9.17) is 9.47 Å². The van der Waals surface area contributed by atoms with E-state index in [-0.39, 0.29) is 5.69 Å². The van der Waals surface area contributed by atoms with Crippen LogP contribution in [-0.4, -0.2) is 19.1 Å². The van der Waals surface area contributed by atoms with Gasteiger partial charge >= 0.3 is 0 Å². The van der Waals surface area contributed by atoms with E-state index in [0.717, 1.165) is 0 Å². The molecule has 0 saturated heterocycles. The van der Waals surface area contributed by atoms with Gasteiger partial charge in [-0.1, -0.05) is 12.1 Å². The third kappa shape index (κ3) is 3.47. The van der Waals surface area contributed by atoms with Gasteiger partial charge in [0.1, 0.15) is 0 Å². The summed E-state index contributed by atoms with van der Waals surface area (Å²) in [7, 11) is 3.06. The van der Waals surface area contributed by atoms with Crippen LogP contribution in [0.25, 0.3) is 11.6 Å². The number of nitro groups is 1. The van der Waals surface area contributed by atoms with Gasteiger partial charge in [-0.3, -0.25) is 10.1 Å². The van der Waals surface area contributed by atoms with Crippen molar-refractivity contribution in [2.45, 2.75) is 0 Å². The Hall–Kier alpha value is -3.33. The molecule has 0 unspecified atom stereocenters. The van der Waals surface area contributed by atoms with E-state index in [1.165, 1.54) is 26.4 Å². The van der Waals surface area contributed by atoms with Crippen molar-refractivity contribution >= 4 is 17.3 Å². The van der Waals surface area contributed by atoms with Gasteiger partial charge in [0.05, 0.1) is 30.8 Å². The average molecular weight is 310 g/mol. The molecule has 6 heteroatoms. The second-order valence-corrected chi connectivity index (χ2v) is 4.56. The molecule has 6 nitrogen and oxygen atoms in total. The molecule has 2 aromatic carbocycles. The molecule has 116 valence electrons. The van der Waals surface area contributed by atoms with E-state index < -0.39 is 4.92 Å². The van der Waals surface area contributed by atoms with Gasteiger partial charge in [0, 0.05) is 17.7 Å². The molecule has 0 aromatic heterocycles. The maximum absolute atomic E-state index is 10.7. The standard InChI is InChI=1S/C17H14N2O4/c1-22-16-5-3-4-13(17(16)23-2)10-14(11-18)12-6-8-15(9-7-12)19(20)21/h3-10H,1-2H3/b14-10-. The van der Waals surface area contributed by atoms with Crippen LogP contribution < -0.4 is 9.47 Å². The van der Waals surface area contributed by atoms with Gasteiger partial charge in [0.2, 0.25) is 0 Å². The number of nitriles is 1. The van der Waals surface area contributed by atoms with Crippen molar-refractivity contribution in [3.05, 3.63) is 63.7 Å². The molecule has 0 aliphatic heterocycles. The predicted octanol–water partition coefficient (Wildman–Crippen LogP) is 3.68. The average Bonchev–Trinajstić information content (AvgIpc) is 2.59. The van der Waals surface area contributed by atoms with Gasteiger partial charge in [-0.15, -0.1) is 0 Å². The summed E-state index contributed by atoms with van der Waals surface area (Å²) >= 11 is 0. The van der Waals surface area contributed by atoms with E-state index >= 15 is 0 Å². The molecule has 0 amide bonds. The molecule has 0 saturated carbocycles. The molecule has 0 atom stereocenters. The first-order valence-corrected chi connectivity index (χ1v) is 6.68. The van der Waals surface area contributed by atoms with Crippen LogP contribution in [0.1, 0.15) is 11.1 Å². The summed E-state index contributed by atoms with van der Waals surface area (Å²) < 4.78 is 10.6. The summed E-state index contributed by atoms with van der Waals surface area (Å²) in [6.45, 7) is 0. The van der Waals surface area contributed by atoms with Crippen molar-refractivity contribution in [1.82, 2.24) is 0 Å². The number of rotatable bonds is 5. The number of para-hydroxylation sites is 1. The Labute approximate surface area is 133 Å². The maximum atomic E-state index is 10.7. The Morgan fingerprint density at radius 2 is 1.87 bits per heavy atom. The molecule has 0 spiro atoms. The van der Waals surface area contributed by atoms with E-state index in [2.05, 4.69) is 6.07 Å². The van der Waals surface area contributed by atoms with Crippen LogP contribution in [0.4, 0.5) is 5.69 Å². The number of benzene rings is 2. The Morgan fingerprint density at radius 1 is 1.17 bits per heavy atom. The van der Waals surface area contributed by atoms with Crippen molar-refractivity contribution in [2.24, 2.45) is 0 Å². The summed E-state index contributed by atoms with van der Waals surface area (Å²) in [5.74, 6) is 1.08. The zero-order chi connectivity index (χ0) is 16.8. The summed E-state index contributed by atoms with van der Waals surface area (Å²) in [4.78, 5) is 10.2. The molecule has 23 heavy (non-hydrogen) atoms. The maximum Gasteiger partial charge on any atom is 0.269 e. The first-order chi connectivity index (χ1) is 11.1. The normalized spacial score (nSPS) is 10.7.